The molecule has 0 amide bonds. The summed E-state index contributed by atoms with van der Waals surface area (Å²) in [6.45, 7) is 13.9. The third-order valence-electron chi connectivity index (χ3n) is 6.95. The number of oxime groups is 1. The number of thioether (sulfide) groups is 2. The number of halogens is 1. The van der Waals surface area contributed by atoms with Crippen LogP contribution < -0.4 is 9.47 Å². The number of carbonyl (C=O) groups is 3. The number of carbonyl (C=O) groups excluding carboxylic acids is 3. The van der Waals surface area contributed by atoms with Crippen LogP contribution in [0.2, 0.25) is 5.02 Å². The number of esters is 2. The summed E-state index contributed by atoms with van der Waals surface area (Å²) < 4.78 is 12.5. The molecule has 0 spiro atoms. The van der Waals surface area contributed by atoms with Crippen molar-refractivity contribution in [1.29, 1.82) is 0 Å². The van der Waals surface area contributed by atoms with Crippen molar-refractivity contribution in [2.75, 3.05) is 0 Å². The van der Waals surface area contributed by atoms with E-state index in [0.29, 0.717) is 38.2 Å². The number of nitrogens with zero attached hydrogens (tertiary/aromatic N) is 1. The number of hydrogen-bond acceptors (Lipinski definition) is 9. The van der Waals surface area contributed by atoms with Gasteiger partial charge in [0.1, 0.15) is 17.0 Å². The van der Waals surface area contributed by atoms with Crippen LogP contribution in [0.5, 0.6) is 11.5 Å². The van der Waals surface area contributed by atoms with E-state index in [9.17, 15) is 14.4 Å². The number of fused-ring (bicyclic) bond motifs is 1. The zero-order valence-electron chi connectivity index (χ0n) is 24.5. The van der Waals surface area contributed by atoms with E-state index in [4.69, 9.17) is 25.9 Å². The molecule has 0 radical (unpaired) electrons. The molecule has 7 nitrogen and oxygen atoms in total. The van der Waals surface area contributed by atoms with Gasteiger partial charge in [0.05, 0.1) is 30.9 Å². The fourth-order valence-electron chi connectivity index (χ4n) is 4.46. The molecule has 0 aromatic heterocycles. The van der Waals surface area contributed by atoms with E-state index in [1.54, 1.807) is 0 Å². The van der Waals surface area contributed by atoms with Crippen LogP contribution in [0.15, 0.2) is 30.8 Å². The number of unbranched alkanes of at least 4 members (excludes halogenated alkanes) is 2. The maximum absolute atomic E-state index is 13.2. The van der Waals surface area contributed by atoms with Crippen molar-refractivity contribution in [3.63, 3.8) is 0 Å². The van der Waals surface area contributed by atoms with Crippen LogP contribution in [0.1, 0.15) is 99.8 Å². The van der Waals surface area contributed by atoms with Crippen molar-refractivity contribution < 1.29 is 28.7 Å². The molecule has 3 rings (SSSR count). The quantitative estimate of drug-likeness (QED) is 0.100. The molecule has 40 heavy (non-hydrogen) atoms. The van der Waals surface area contributed by atoms with Gasteiger partial charge in [-0.05, 0) is 25.7 Å². The average molecular weight is 610 g/mol. The molecule has 0 saturated heterocycles. The van der Waals surface area contributed by atoms with Crippen molar-refractivity contribution in [2.24, 2.45) is 22.4 Å². The topological polar surface area (TPSA) is 91.3 Å². The van der Waals surface area contributed by atoms with E-state index in [2.05, 4.69) is 19.0 Å². The number of rotatable bonds is 12. The maximum Gasteiger partial charge on any atom is 0.369 e. The second-order valence-electron chi connectivity index (χ2n) is 11.1. The van der Waals surface area contributed by atoms with Gasteiger partial charge in [-0.3, -0.25) is 9.59 Å². The van der Waals surface area contributed by atoms with Gasteiger partial charge < -0.3 is 14.3 Å². The molecule has 0 saturated carbocycles. The molecule has 2 atom stereocenters. The van der Waals surface area contributed by atoms with Crippen LogP contribution in [0.25, 0.3) is 0 Å². The Morgan fingerprint density at radius 1 is 0.950 bits per heavy atom. The molecule has 1 aromatic rings. The van der Waals surface area contributed by atoms with Gasteiger partial charge in [-0.2, -0.15) is 0 Å². The van der Waals surface area contributed by atoms with Gasteiger partial charge in [0, 0.05) is 11.5 Å². The lowest BCUT2D eigenvalue weighted by Gasteiger charge is -2.18. The molecule has 0 N–H and O–H groups in total. The van der Waals surface area contributed by atoms with Crippen LogP contribution in [-0.4, -0.2) is 23.6 Å². The molecule has 10 heteroatoms. The first-order valence-corrected chi connectivity index (χ1v) is 16.2. The van der Waals surface area contributed by atoms with Gasteiger partial charge in [-0.15, -0.1) is 0 Å². The van der Waals surface area contributed by atoms with E-state index in [-0.39, 0.29) is 40.3 Å². The zero-order valence-corrected chi connectivity index (χ0v) is 26.9. The van der Waals surface area contributed by atoms with Crippen molar-refractivity contribution in [3.05, 3.63) is 20.9 Å². The first-order valence-electron chi connectivity index (χ1n) is 14.2. The van der Waals surface area contributed by atoms with Crippen molar-refractivity contribution in [3.8, 4) is 11.5 Å². The molecule has 2 unspecified atom stereocenters. The SMILES string of the molecule is CCCCC(CC)C(=O)Oc1cc(Cl)c(OC(=O)C(CC)CCCC)c2c1S/C(=C1/C(=O)ON=C1C(C)(C)C)S2. The Morgan fingerprint density at radius 3 is 2.02 bits per heavy atom. The second-order valence-corrected chi connectivity index (χ2v) is 13.8. The van der Waals surface area contributed by atoms with Gasteiger partial charge >= 0.3 is 17.9 Å². The standard InChI is InChI=1S/C30H40ClNO6S2/c1-8-12-14-17(10-3)26(33)36-20-16-19(31)22(37-27(34)18(11-4)15-13-9-2)24-23(20)39-29(40-24)21-25(30(5,6)7)32-38-28(21)35/h16-18H,8-15H2,1-7H3/b29-21-. The van der Waals surface area contributed by atoms with E-state index >= 15 is 0 Å². The number of ether oxygens (including phenoxy) is 2. The van der Waals surface area contributed by atoms with Gasteiger partial charge in [-0.1, -0.05) is 114 Å². The molecule has 2 heterocycles. The van der Waals surface area contributed by atoms with Crippen LogP contribution in [0.3, 0.4) is 0 Å². The monoisotopic (exact) mass is 609 g/mol. The Hall–Kier alpha value is -1.97. The number of benzene rings is 1. The maximum atomic E-state index is 13.2. The Kier molecular flexibility index (Phi) is 11.6. The lowest BCUT2D eigenvalue weighted by atomic mass is 9.86. The van der Waals surface area contributed by atoms with E-state index in [1.807, 2.05) is 34.6 Å². The highest BCUT2D eigenvalue weighted by molar-refractivity contribution is 8.25. The smallest absolute Gasteiger partial charge is 0.369 e. The van der Waals surface area contributed by atoms with Crippen LogP contribution in [-0.2, 0) is 19.2 Å². The highest BCUT2D eigenvalue weighted by Crippen LogP contribution is 2.61. The van der Waals surface area contributed by atoms with Gasteiger partial charge in [0.15, 0.2) is 5.75 Å². The lowest BCUT2D eigenvalue weighted by Crippen LogP contribution is -2.22. The molecule has 0 bridgehead atoms. The zero-order chi connectivity index (χ0) is 29.6. The fourth-order valence-corrected chi connectivity index (χ4v) is 7.42. The van der Waals surface area contributed by atoms with Gasteiger partial charge in [-0.25, -0.2) is 4.79 Å². The summed E-state index contributed by atoms with van der Waals surface area (Å²) in [5, 5.41) is 4.21. The highest BCUT2D eigenvalue weighted by atomic mass is 35.5. The summed E-state index contributed by atoms with van der Waals surface area (Å²) in [5.41, 5.74) is 0.432. The minimum atomic E-state index is -0.549. The van der Waals surface area contributed by atoms with E-state index < -0.39 is 11.4 Å². The van der Waals surface area contributed by atoms with E-state index in [1.165, 1.54) is 29.6 Å². The summed E-state index contributed by atoms with van der Waals surface area (Å²) in [7, 11) is 0. The largest absolute Gasteiger partial charge is 0.425 e. The molecule has 2 aliphatic rings. The summed E-state index contributed by atoms with van der Waals surface area (Å²) >= 11 is 9.23. The molecular weight excluding hydrogens is 570 g/mol. The molecule has 2 aliphatic heterocycles. The first-order chi connectivity index (χ1) is 19.0. The van der Waals surface area contributed by atoms with Crippen LogP contribution >= 0.6 is 35.1 Å². The molecule has 0 fully saturated rings. The Balaban J connectivity index is 2.07. The Bertz CT molecular complexity index is 1200. The minimum Gasteiger partial charge on any atom is -0.425 e. The minimum absolute atomic E-state index is 0.167. The summed E-state index contributed by atoms with van der Waals surface area (Å²) in [4.78, 5) is 45.3. The highest BCUT2D eigenvalue weighted by Gasteiger charge is 2.41. The lowest BCUT2D eigenvalue weighted by molar-refractivity contribution is -0.140. The van der Waals surface area contributed by atoms with Crippen LogP contribution in [0, 0.1) is 17.3 Å². The summed E-state index contributed by atoms with van der Waals surface area (Å²) in [5.74, 6) is -1.22. The summed E-state index contributed by atoms with van der Waals surface area (Å²) in [6.07, 6.45) is 6.59. The van der Waals surface area contributed by atoms with Gasteiger partial charge in [0.25, 0.3) is 0 Å². The first kappa shape index (κ1) is 32.5. The predicted molar refractivity (Wildman–Crippen MR) is 161 cm³/mol. The number of hydrogen-bond donors (Lipinski definition) is 0. The molecule has 220 valence electrons. The molecule has 0 aliphatic carbocycles. The van der Waals surface area contributed by atoms with Crippen LogP contribution in [0.4, 0.5) is 0 Å². The fraction of sp³-hybridized carbons (Fsp3) is 0.600. The van der Waals surface area contributed by atoms with E-state index in [0.717, 1.165) is 38.5 Å². The third-order valence-corrected chi connectivity index (χ3v) is 9.85. The van der Waals surface area contributed by atoms with Crippen molar-refractivity contribution >= 4 is 58.7 Å². The Morgan fingerprint density at radius 2 is 1.50 bits per heavy atom. The van der Waals surface area contributed by atoms with Crippen molar-refractivity contribution in [2.45, 2.75) is 110 Å². The average Bonchev–Trinajstić information content (AvgIpc) is 3.51. The van der Waals surface area contributed by atoms with Crippen molar-refractivity contribution in [1.82, 2.24) is 0 Å². The molecular formula is C30H40ClNO6S2. The summed E-state index contributed by atoms with van der Waals surface area (Å²) in [6, 6.07) is 1.54. The van der Waals surface area contributed by atoms with Gasteiger partial charge in [0.2, 0.25) is 0 Å². The Labute approximate surface area is 251 Å². The third kappa shape index (κ3) is 7.45. The second kappa shape index (κ2) is 14.3. The molecule has 1 aromatic carbocycles. The normalized spacial score (nSPS) is 18.2. The predicted octanol–water partition coefficient (Wildman–Crippen LogP) is 8.95.